The molecule has 118 valence electrons. The van der Waals surface area contributed by atoms with Gasteiger partial charge in [0.15, 0.2) is 0 Å². The number of nitrogens with one attached hydrogen (secondary N) is 1. The average molecular weight is 285 g/mol. The zero-order valence-electron chi connectivity index (χ0n) is 13.5. The van der Waals surface area contributed by atoms with Crippen LogP contribution in [0.2, 0.25) is 0 Å². The van der Waals surface area contributed by atoms with Crippen LogP contribution in [0, 0.1) is 5.92 Å². The van der Waals surface area contributed by atoms with Crippen LogP contribution in [0.1, 0.15) is 66.2 Å². The van der Waals surface area contributed by atoms with E-state index < -0.39 is 5.60 Å². The minimum Gasteiger partial charge on any atom is -0.444 e. The Hall–Kier alpha value is -0.770. The molecule has 0 spiro atoms. The summed E-state index contributed by atoms with van der Waals surface area (Å²) < 4.78 is 10.8. The maximum atomic E-state index is 11.9. The Morgan fingerprint density at radius 2 is 1.90 bits per heavy atom. The first kappa shape index (κ1) is 17.3. The van der Waals surface area contributed by atoms with Crippen molar-refractivity contribution in [3.8, 4) is 0 Å². The molecule has 0 heterocycles. The monoisotopic (exact) mass is 285 g/mol. The van der Waals surface area contributed by atoms with Crippen LogP contribution in [-0.2, 0) is 9.47 Å². The Kier molecular flexibility index (Phi) is 7.35. The summed E-state index contributed by atoms with van der Waals surface area (Å²) in [4.78, 5) is 11.9. The molecule has 1 fully saturated rings. The third-order valence-electron chi connectivity index (χ3n) is 3.59. The second-order valence-corrected chi connectivity index (χ2v) is 6.74. The molecule has 1 amide bonds. The van der Waals surface area contributed by atoms with Crippen molar-refractivity contribution in [2.24, 2.45) is 5.92 Å². The number of ether oxygens (including phenoxy) is 2. The first-order valence-electron chi connectivity index (χ1n) is 7.98. The molecule has 20 heavy (non-hydrogen) atoms. The van der Waals surface area contributed by atoms with Crippen LogP contribution in [0.4, 0.5) is 4.79 Å². The fraction of sp³-hybridized carbons (Fsp3) is 0.938. The van der Waals surface area contributed by atoms with Crippen molar-refractivity contribution in [2.45, 2.75) is 77.9 Å². The van der Waals surface area contributed by atoms with Gasteiger partial charge in [-0.05, 0) is 40.0 Å². The van der Waals surface area contributed by atoms with Crippen molar-refractivity contribution in [3.63, 3.8) is 0 Å². The van der Waals surface area contributed by atoms with Crippen LogP contribution in [0.15, 0.2) is 0 Å². The van der Waals surface area contributed by atoms with E-state index in [4.69, 9.17) is 9.47 Å². The minimum atomic E-state index is -0.453. The van der Waals surface area contributed by atoms with Crippen molar-refractivity contribution in [1.82, 2.24) is 5.32 Å². The summed E-state index contributed by atoms with van der Waals surface area (Å²) >= 11 is 0. The second kappa shape index (κ2) is 8.50. The molecule has 0 bridgehead atoms. The molecular formula is C16H31NO3. The minimum absolute atomic E-state index is 0.0629. The Morgan fingerprint density at radius 3 is 2.45 bits per heavy atom. The molecule has 1 N–H and O–H groups in total. The Balaban J connectivity index is 2.43. The number of hydrogen-bond donors (Lipinski definition) is 1. The molecule has 0 aromatic carbocycles. The molecule has 1 atom stereocenters. The van der Waals surface area contributed by atoms with Crippen molar-refractivity contribution in [3.05, 3.63) is 0 Å². The zero-order chi connectivity index (χ0) is 15.0. The summed E-state index contributed by atoms with van der Waals surface area (Å²) in [6, 6.07) is 0.0629. The molecule has 4 heteroatoms. The number of amides is 1. The zero-order valence-corrected chi connectivity index (χ0v) is 13.5. The highest BCUT2D eigenvalue weighted by atomic mass is 16.6. The average Bonchev–Trinajstić information content (AvgIpc) is 2.35. The van der Waals surface area contributed by atoms with Crippen LogP contribution in [-0.4, -0.2) is 30.9 Å². The lowest BCUT2D eigenvalue weighted by Gasteiger charge is -2.28. The maximum Gasteiger partial charge on any atom is 0.407 e. The van der Waals surface area contributed by atoms with Gasteiger partial charge in [0.25, 0.3) is 0 Å². The van der Waals surface area contributed by atoms with Crippen LogP contribution >= 0.6 is 0 Å². The first-order chi connectivity index (χ1) is 9.40. The van der Waals surface area contributed by atoms with E-state index >= 15 is 0 Å². The van der Waals surface area contributed by atoms with E-state index in [2.05, 4.69) is 5.32 Å². The summed E-state index contributed by atoms with van der Waals surface area (Å²) in [5, 5.41) is 2.97. The molecule has 0 aliphatic heterocycles. The van der Waals surface area contributed by atoms with Gasteiger partial charge in [-0.25, -0.2) is 4.79 Å². The van der Waals surface area contributed by atoms with Crippen molar-refractivity contribution < 1.29 is 14.3 Å². The van der Waals surface area contributed by atoms with Gasteiger partial charge in [0.1, 0.15) is 5.60 Å². The highest BCUT2D eigenvalue weighted by Gasteiger charge is 2.23. The largest absolute Gasteiger partial charge is 0.444 e. The lowest BCUT2D eigenvalue weighted by Crippen LogP contribution is -2.42. The van der Waals surface area contributed by atoms with Crippen LogP contribution in [0.3, 0.4) is 0 Å². The SMILES string of the molecule is CCOC[C@@H](CC1CCCCC1)NC(=O)OC(C)(C)C. The van der Waals surface area contributed by atoms with Crippen molar-refractivity contribution in [2.75, 3.05) is 13.2 Å². The van der Waals surface area contributed by atoms with Gasteiger partial charge in [0.2, 0.25) is 0 Å². The molecule has 1 aliphatic carbocycles. The van der Waals surface area contributed by atoms with Gasteiger partial charge in [-0.2, -0.15) is 0 Å². The third-order valence-corrected chi connectivity index (χ3v) is 3.59. The molecule has 1 saturated carbocycles. The van der Waals surface area contributed by atoms with Gasteiger partial charge in [0.05, 0.1) is 12.6 Å². The summed E-state index contributed by atoms with van der Waals surface area (Å²) in [5.74, 6) is 0.712. The highest BCUT2D eigenvalue weighted by Crippen LogP contribution is 2.27. The smallest absolute Gasteiger partial charge is 0.407 e. The van der Waals surface area contributed by atoms with Crippen LogP contribution in [0.25, 0.3) is 0 Å². The number of rotatable bonds is 6. The fourth-order valence-corrected chi connectivity index (χ4v) is 2.73. The predicted molar refractivity (Wildman–Crippen MR) is 80.8 cm³/mol. The normalized spacial score (nSPS) is 18.6. The van der Waals surface area contributed by atoms with Gasteiger partial charge in [-0.1, -0.05) is 32.1 Å². The quantitative estimate of drug-likeness (QED) is 0.805. The van der Waals surface area contributed by atoms with Gasteiger partial charge >= 0.3 is 6.09 Å². The Labute approximate surface area is 123 Å². The highest BCUT2D eigenvalue weighted by molar-refractivity contribution is 5.68. The van der Waals surface area contributed by atoms with E-state index in [1.807, 2.05) is 27.7 Å². The summed E-state index contributed by atoms with van der Waals surface area (Å²) in [5.41, 5.74) is -0.453. The lowest BCUT2D eigenvalue weighted by atomic mass is 9.85. The number of hydrogen-bond acceptors (Lipinski definition) is 3. The van der Waals surface area contributed by atoms with Gasteiger partial charge in [-0.3, -0.25) is 0 Å². The molecule has 0 aromatic heterocycles. The molecule has 1 rings (SSSR count). The fourth-order valence-electron chi connectivity index (χ4n) is 2.73. The van der Waals surface area contributed by atoms with Crippen LogP contribution < -0.4 is 5.32 Å². The Morgan fingerprint density at radius 1 is 1.25 bits per heavy atom. The predicted octanol–water partition coefficient (Wildman–Crippen LogP) is 3.89. The molecule has 0 radical (unpaired) electrons. The summed E-state index contributed by atoms with van der Waals surface area (Å²) in [6.07, 6.45) is 7.21. The first-order valence-corrected chi connectivity index (χ1v) is 7.98. The standard InChI is InChI=1S/C16H31NO3/c1-5-19-12-14(11-13-9-7-6-8-10-13)17-15(18)20-16(2,3)4/h13-14H,5-12H2,1-4H3,(H,17,18)/t14-/m1/s1. The van der Waals surface area contributed by atoms with E-state index in [0.717, 1.165) is 6.42 Å². The van der Waals surface area contributed by atoms with E-state index in [1.54, 1.807) is 0 Å². The lowest BCUT2D eigenvalue weighted by molar-refractivity contribution is 0.0427. The summed E-state index contributed by atoms with van der Waals surface area (Å²) in [7, 11) is 0. The molecule has 0 saturated heterocycles. The van der Waals surface area contributed by atoms with Crippen molar-refractivity contribution >= 4 is 6.09 Å². The molecule has 4 nitrogen and oxygen atoms in total. The van der Waals surface area contributed by atoms with E-state index in [1.165, 1.54) is 32.1 Å². The van der Waals surface area contributed by atoms with E-state index in [-0.39, 0.29) is 12.1 Å². The van der Waals surface area contributed by atoms with Crippen molar-refractivity contribution in [1.29, 1.82) is 0 Å². The van der Waals surface area contributed by atoms with Gasteiger partial charge < -0.3 is 14.8 Å². The van der Waals surface area contributed by atoms with Gasteiger partial charge in [-0.15, -0.1) is 0 Å². The third kappa shape index (κ3) is 7.73. The van der Waals surface area contributed by atoms with E-state index in [9.17, 15) is 4.79 Å². The summed E-state index contributed by atoms with van der Waals surface area (Å²) in [6.45, 7) is 8.87. The molecule has 0 aromatic rings. The maximum absolute atomic E-state index is 11.9. The van der Waals surface area contributed by atoms with Gasteiger partial charge in [0, 0.05) is 6.61 Å². The van der Waals surface area contributed by atoms with Crippen LogP contribution in [0.5, 0.6) is 0 Å². The second-order valence-electron chi connectivity index (χ2n) is 6.74. The molecule has 0 unspecified atom stereocenters. The topological polar surface area (TPSA) is 47.6 Å². The Bertz CT molecular complexity index is 280. The number of carbonyl (C=O) groups excluding carboxylic acids is 1. The van der Waals surface area contributed by atoms with E-state index in [0.29, 0.717) is 19.1 Å². The molecule has 1 aliphatic rings. The number of alkyl carbamates (subject to hydrolysis) is 1. The molecular weight excluding hydrogens is 254 g/mol. The number of carbonyl (C=O) groups is 1.